The molecule has 1 spiro atoms. The molecule has 0 amide bonds. The van der Waals surface area contributed by atoms with Gasteiger partial charge in [0.05, 0.1) is 0 Å². The summed E-state index contributed by atoms with van der Waals surface area (Å²) in [5.41, 5.74) is 6.32. The average Bonchev–Trinajstić information content (AvgIpc) is 3.04. The van der Waals surface area contributed by atoms with E-state index in [9.17, 15) is 0 Å². The average molecular weight is 246 g/mol. The molecule has 0 aliphatic heterocycles. The molecule has 0 nitrogen and oxygen atoms in total. The Hall–Kier alpha value is -1.82. The van der Waals surface area contributed by atoms with Gasteiger partial charge in [0.25, 0.3) is 0 Å². The van der Waals surface area contributed by atoms with Crippen molar-refractivity contribution in [1.29, 1.82) is 0 Å². The van der Waals surface area contributed by atoms with Crippen LogP contribution in [0.2, 0.25) is 0 Å². The van der Waals surface area contributed by atoms with E-state index in [4.69, 9.17) is 0 Å². The molecule has 0 bridgehead atoms. The predicted molar refractivity (Wildman–Crippen MR) is 81.0 cm³/mol. The lowest BCUT2D eigenvalue weighted by atomic mass is 9.79. The monoisotopic (exact) mass is 246 g/mol. The van der Waals surface area contributed by atoms with E-state index in [1.54, 1.807) is 0 Å². The second-order valence-electron chi connectivity index (χ2n) is 6.47. The highest BCUT2D eigenvalue weighted by Gasteiger charge is 2.64. The zero-order valence-corrected chi connectivity index (χ0v) is 11.5. The Kier molecular flexibility index (Phi) is 1.97. The highest BCUT2D eigenvalue weighted by atomic mass is 14.7. The largest absolute Gasteiger partial charge is 0.0619 e. The summed E-state index contributed by atoms with van der Waals surface area (Å²) < 4.78 is 0. The van der Waals surface area contributed by atoms with Crippen molar-refractivity contribution in [3.8, 4) is 0 Å². The molecule has 0 radical (unpaired) electrons. The Morgan fingerprint density at radius 1 is 0.737 bits per heavy atom. The molecule has 2 aromatic carbocycles. The first-order valence-electron chi connectivity index (χ1n) is 7.02. The fourth-order valence-electron chi connectivity index (χ4n) is 3.92. The first kappa shape index (κ1) is 11.0. The molecule has 1 fully saturated rings. The molecule has 2 aromatic rings. The lowest BCUT2D eigenvalue weighted by Crippen LogP contribution is -2.18. The summed E-state index contributed by atoms with van der Waals surface area (Å²) in [7, 11) is 0. The lowest BCUT2D eigenvalue weighted by Gasteiger charge is -2.24. The van der Waals surface area contributed by atoms with Crippen molar-refractivity contribution in [3.63, 3.8) is 0 Å². The Labute approximate surface area is 114 Å². The van der Waals surface area contributed by atoms with Crippen molar-refractivity contribution in [1.82, 2.24) is 0 Å². The van der Waals surface area contributed by atoms with Crippen LogP contribution in [-0.2, 0) is 5.41 Å². The second kappa shape index (κ2) is 3.39. The molecular formula is C19H18. The van der Waals surface area contributed by atoms with Crippen LogP contribution in [0.15, 0.2) is 48.5 Å². The highest BCUT2D eigenvalue weighted by Crippen LogP contribution is 2.69. The predicted octanol–water partition coefficient (Wildman–Crippen LogP) is 4.89. The molecule has 4 rings (SSSR count). The lowest BCUT2D eigenvalue weighted by molar-refractivity contribution is 0.552. The van der Waals surface area contributed by atoms with Gasteiger partial charge < -0.3 is 0 Å². The van der Waals surface area contributed by atoms with Gasteiger partial charge in [-0.05, 0) is 34.1 Å². The number of hydrogen-bond donors (Lipinski definition) is 0. The zero-order chi connectivity index (χ0) is 13.1. The van der Waals surface area contributed by atoms with Crippen LogP contribution in [0, 0.1) is 5.41 Å². The van der Waals surface area contributed by atoms with Crippen molar-refractivity contribution in [2.24, 2.45) is 5.41 Å². The molecule has 0 heteroatoms. The molecule has 0 aromatic heterocycles. The van der Waals surface area contributed by atoms with E-state index in [2.05, 4.69) is 74.5 Å². The van der Waals surface area contributed by atoms with Gasteiger partial charge in [0.15, 0.2) is 0 Å². The number of benzene rings is 2. The molecule has 1 saturated carbocycles. The Morgan fingerprint density at radius 2 is 1.16 bits per heavy atom. The quantitative estimate of drug-likeness (QED) is 0.621. The molecule has 2 aliphatic carbocycles. The number of rotatable bonds is 0. The zero-order valence-electron chi connectivity index (χ0n) is 11.5. The van der Waals surface area contributed by atoms with E-state index in [1.807, 2.05) is 0 Å². The summed E-state index contributed by atoms with van der Waals surface area (Å²) in [5.74, 6) is 0. The van der Waals surface area contributed by atoms with E-state index in [0.29, 0.717) is 5.41 Å². The topological polar surface area (TPSA) is 0 Å². The minimum absolute atomic E-state index is 0.212. The second-order valence-corrected chi connectivity index (χ2v) is 6.47. The maximum absolute atomic E-state index is 2.39. The standard InChI is InChI=1S/C19H18/c1-18(2)13-19(18)16-9-5-3-7-14(16)11-12-15-8-4-6-10-17(15)19/h3-12H,13H2,1-2H3. The molecule has 0 N–H and O–H groups in total. The van der Waals surface area contributed by atoms with Gasteiger partial charge in [-0.2, -0.15) is 0 Å². The summed E-state index contributed by atoms with van der Waals surface area (Å²) in [6.45, 7) is 4.79. The molecule has 0 atom stereocenters. The van der Waals surface area contributed by atoms with Gasteiger partial charge in [-0.3, -0.25) is 0 Å². The molecule has 2 aliphatic rings. The maximum atomic E-state index is 2.39. The SMILES string of the molecule is CC1(C)CC12c1ccccc1C=Cc1ccccc12. The van der Waals surface area contributed by atoms with E-state index < -0.39 is 0 Å². The summed E-state index contributed by atoms with van der Waals surface area (Å²) in [5, 5.41) is 0. The van der Waals surface area contributed by atoms with Gasteiger partial charge in [0.2, 0.25) is 0 Å². The molecular weight excluding hydrogens is 228 g/mol. The van der Waals surface area contributed by atoms with Crippen LogP contribution in [0.4, 0.5) is 0 Å². The maximum Gasteiger partial charge on any atom is 0.0271 e. The fourth-order valence-corrected chi connectivity index (χ4v) is 3.92. The van der Waals surface area contributed by atoms with Crippen LogP contribution >= 0.6 is 0 Å². The first-order valence-corrected chi connectivity index (χ1v) is 7.02. The van der Waals surface area contributed by atoms with Crippen molar-refractivity contribution in [2.75, 3.05) is 0 Å². The highest BCUT2D eigenvalue weighted by molar-refractivity contribution is 5.79. The van der Waals surface area contributed by atoms with Crippen LogP contribution in [0.25, 0.3) is 12.2 Å². The van der Waals surface area contributed by atoms with Crippen LogP contribution < -0.4 is 0 Å². The van der Waals surface area contributed by atoms with Crippen molar-refractivity contribution in [3.05, 3.63) is 70.8 Å². The van der Waals surface area contributed by atoms with Gasteiger partial charge in [-0.15, -0.1) is 0 Å². The van der Waals surface area contributed by atoms with Gasteiger partial charge in [-0.1, -0.05) is 74.5 Å². The van der Waals surface area contributed by atoms with Crippen LogP contribution in [0.3, 0.4) is 0 Å². The van der Waals surface area contributed by atoms with E-state index in [-0.39, 0.29) is 5.41 Å². The Morgan fingerprint density at radius 3 is 1.58 bits per heavy atom. The van der Waals surface area contributed by atoms with Gasteiger partial charge in [0, 0.05) is 5.41 Å². The third kappa shape index (κ3) is 1.29. The van der Waals surface area contributed by atoms with Gasteiger partial charge in [-0.25, -0.2) is 0 Å². The number of fused-ring (bicyclic) bond motifs is 4. The summed E-state index contributed by atoms with van der Waals surface area (Å²) in [6, 6.07) is 17.8. The Bertz CT molecular complexity index is 639. The van der Waals surface area contributed by atoms with Crippen LogP contribution in [-0.4, -0.2) is 0 Å². The summed E-state index contributed by atoms with van der Waals surface area (Å²) >= 11 is 0. The molecule has 19 heavy (non-hydrogen) atoms. The first-order chi connectivity index (χ1) is 9.15. The fraction of sp³-hybridized carbons (Fsp3) is 0.263. The van der Waals surface area contributed by atoms with E-state index in [0.717, 1.165) is 0 Å². The van der Waals surface area contributed by atoms with Gasteiger partial charge >= 0.3 is 0 Å². The smallest absolute Gasteiger partial charge is 0.0271 e. The molecule has 0 heterocycles. The number of hydrogen-bond acceptors (Lipinski definition) is 0. The molecule has 0 saturated heterocycles. The van der Waals surface area contributed by atoms with Crippen LogP contribution in [0.5, 0.6) is 0 Å². The Balaban J connectivity index is 2.09. The summed E-state index contributed by atoms with van der Waals surface area (Å²) in [4.78, 5) is 0. The summed E-state index contributed by atoms with van der Waals surface area (Å²) in [6.07, 6.45) is 5.80. The van der Waals surface area contributed by atoms with E-state index in [1.165, 1.54) is 28.7 Å². The third-order valence-electron chi connectivity index (χ3n) is 5.02. The van der Waals surface area contributed by atoms with Crippen LogP contribution in [0.1, 0.15) is 42.5 Å². The van der Waals surface area contributed by atoms with E-state index >= 15 is 0 Å². The minimum Gasteiger partial charge on any atom is -0.0619 e. The van der Waals surface area contributed by atoms with Crippen molar-refractivity contribution < 1.29 is 0 Å². The minimum atomic E-state index is 0.212. The van der Waals surface area contributed by atoms with Crippen molar-refractivity contribution in [2.45, 2.75) is 25.7 Å². The normalized spacial score (nSPS) is 20.5. The van der Waals surface area contributed by atoms with Crippen molar-refractivity contribution >= 4 is 12.2 Å². The molecule has 0 unspecified atom stereocenters. The molecule has 94 valence electrons. The van der Waals surface area contributed by atoms with Gasteiger partial charge in [0.1, 0.15) is 0 Å². The third-order valence-corrected chi connectivity index (χ3v) is 5.02.